The first-order valence-electron chi connectivity index (χ1n) is 7.23. The standard InChI is InChI=1S/C16H28N2O2/c1-5-14(17)16(18(2)11-8-12-19-3)13-9-6-7-10-15(13)20-4/h6-7,9-10,14,16H,5,8,11-12,17H2,1-4H3. The Kier molecular flexibility index (Phi) is 7.59. The van der Waals surface area contributed by atoms with Crippen LogP contribution in [0.4, 0.5) is 0 Å². The molecule has 1 aromatic carbocycles. The van der Waals surface area contributed by atoms with E-state index in [4.69, 9.17) is 15.2 Å². The lowest BCUT2D eigenvalue weighted by Crippen LogP contribution is -2.39. The van der Waals surface area contributed by atoms with Crippen molar-refractivity contribution < 1.29 is 9.47 Å². The zero-order valence-electron chi connectivity index (χ0n) is 13.1. The number of rotatable bonds is 9. The SMILES string of the molecule is CCC(N)C(c1ccccc1OC)N(C)CCCOC. The van der Waals surface area contributed by atoms with Crippen molar-refractivity contribution in [2.24, 2.45) is 5.73 Å². The summed E-state index contributed by atoms with van der Waals surface area (Å²) in [7, 11) is 5.55. The molecule has 20 heavy (non-hydrogen) atoms. The molecule has 0 aromatic heterocycles. The summed E-state index contributed by atoms with van der Waals surface area (Å²) >= 11 is 0. The number of nitrogens with zero attached hydrogens (tertiary/aromatic N) is 1. The first-order chi connectivity index (χ1) is 9.65. The van der Waals surface area contributed by atoms with Gasteiger partial charge in [0.1, 0.15) is 5.75 Å². The van der Waals surface area contributed by atoms with E-state index in [1.165, 1.54) is 0 Å². The molecule has 0 amide bonds. The molecular formula is C16H28N2O2. The molecular weight excluding hydrogens is 252 g/mol. The van der Waals surface area contributed by atoms with Gasteiger partial charge in [-0.3, -0.25) is 4.90 Å². The highest BCUT2D eigenvalue weighted by Gasteiger charge is 2.25. The van der Waals surface area contributed by atoms with Crippen LogP contribution in [0.2, 0.25) is 0 Å². The van der Waals surface area contributed by atoms with Gasteiger partial charge in [0.25, 0.3) is 0 Å². The van der Waals surface area contributed by atoms with E-state index in [9.17, 15) is 0 Å². The molecule has 0 bridgehead atoms. The quantitative estimate of drug-likeness (QED) is 0.706. The number of para-hydroxylation sites is 1. The fourth-order valence-corrected chi connectivity index (χ4v) is 2.53. The predicted octanol–water partition coefficient (Wildman–Crippen LogP) is 2.44. The highest BCUT2D eigenvalue weighted by molar-refractivity contribution is 5.36. The van der Waals surface area contributed by atoms with Crippen molar-refractivity contribution in [3.8, 4) is 5.75 Å². The summed E-state index contributed by atoms with van der Waals surface area (Å²) in [5, 5.41) is 0. The van der Waals surface area contributed by atoms with Gasteiger partial charge in [-0.15, -0.1) is 0 Å². The fourth-order valence-electron chi connectivity index (χ4n) is 2.53. The molecule has 114 valence electrons. The third kappa shape index (κ3) is 4.47. The van der Waals surface area contributed by atoms with Gasteiger partial charge in [0.05, 0.1) is 13.2 Å². The highest BCUT2D eigenvalue weighted by atomic mass is 16.5. The van der Waals surface area contributed by atoms with Crippen LogP contribution in [0.3, 0.4) is 0 Å². The van der Waals surface area contributed by atoms with E-state index in [1.54, 1.807) is 14.2 Å². The Hall–Kier alpha value is -1.10. The molecule has 0 saturated carbocycles. The minimum atomic E-state index is 0.0823. The highest BCUT2D eigenvalue weighted by Crippen LogP contribution is 2.31. The molecule has 0 heterocycles. The van der Waals surface area contributed by atoms with Crippen LogP contribution in [0.25, 0.3) is 0 Å². The first kappa shape index (κ1) is 17.0. The first-order valence-corrected chi connectivity index (χ1v) is 7.23. The van der Waals surface area contributed by atoms with Gasteiger partial charge in [0.2, 0.25) is 0 Å². The Labute approximate surface area is 122 Å². The molecule has 4 heteroatoms. The number of nitrogens with two attached hydrogens (primary N) is 1. The number of methoxy groups -OCH3 is 2. The van der Waals surface area contributed by atoms with E-state index in [1.807, 2.05) is 18.2 Å². The van der Waals surface area contributed by atoms with Gasteiger partial charge in [-0.2, -0.15) is 0 Å². The summed E-state index contributed by atoms with van der Waals surface area (Å²) in [6.07, 6.45) is 1.92. The second-order valence-corrected chi connectivity index (χ2v) is 5.09. The summed E-state index contributed by atoms with van der Waals surface area (Å²) in [5.74, 6) is 0.903. The van der Waals surface area contributed by atoms with E-state index in [0.29, 0.717) is 0 Å². The summed E-state index contributed by atoms with van der Waals surface area (Å²) < 4.78 is 10.6. The van der Waals surface area contributed by atoms with Crippen LogP contribution in [0.15, 0.2) is 24.3 Å². The normalized spacial score (nSPS) is 14.3. The number of hydrogen-bond donors (Lipinski definition) is 1. The zero-order chi connectivity index (χ0) is 15.0. The van der Waals surface area contributed by atoms with Gasteiger partial charge in [0.15, 0.2) is 0 Å². The van der Waals surface area contributed by atoms with Crippen molar-refractivity contribution >= 4 is 0 Å². The van der Waals surface area contributed by atoms with Crippen LogP contribution < -0.4 is 10.5 Å². The Morgan fingerprint density at radius 2 is 1.95 bits per heavy atom. The van der Waals surface area contributed by atoms with E-state index in [2.05, 4.69) is 24.9 Å². The molecule has 0 aliphatic rings. The molecule has 0 saturated heterocycles. The second-order valence-electron chi connectivity index (χ2n) is 5.09. The molecule has 1 aromatic rings. The topological polar surface area (TPSA) is 47.7 Å². The van der Waals surface area contributed by atoms with Gasteiger partial charge >= 0.3 is 0 Å². The van der Waals surface area contributed by atoms with Crippen molar-refractivity contribution in [1.82, 2.24) is 4.90 Å². The van der Waals surface area contributed by atoms with Crippen LogP contribution in [-0.2, 0) is 4.74 Å². The number of benzene rings is 1. The maximum absolute atomic E-state index is 6.35. The second kappa shape index (κ2) is 8.95. The number of hydrogen-bond acceptors (Lipinski definition) is 4. The van der Waals surface area contributed by atoms with Gasteiger partial charge < -0.3 is 15.2 Å². The van der Waals surface area contributed by atoms with Gasteiger partial charge in [-0.25, -0.2) is 0 Å². The zero-order valence-corrected chi connectivity index (χ0v) is 13.1. The minimum Gasteiger partial charge on any atom is -0.496 e. The van der Waals surface area contributed by atoms with Gasteiger partial charge in [-0.05, 0) is 26.0 Å². The van der Waals surface area contributed by atoms with Crippen LogP contribution in [-0.4, -0.2) is 45.4 Å². The molecule has 0 radical (unpaired) electrons. The third-order valence-corrected chi connectivity index (χ3v) is 3.67. The number of likely N-dealkylation sites (N-methyl/N-ethyl adjacent to an activating group) is 1. The van der Waals surface area contributed by atoms with Crippen LogP contribution >= 0.6 is 0 Å². The Balaban J connectivity index is 2.93. The maximum Gasteiger partial charge on any atom is 0.123 e. The molecule has 0 spiro atoms. The Morgan fingerprint density at radius 1 is 1.25 bits per heavy atom. The van der Waals surface area contributed by atoms with Crippen molar-refractivity contribution in [2.45, 2.75) is 31.8 Å². The largest absolute Gasteiger partial charge is 0.496 e. The molecule has 2 N–H and O–H groups in total. The van der Waals surface area contributed by atoms with Crippen LogP contribution in [0, 0.1) is 0 Å². The minimum absolute atomic E-state index is 0.0823. The lowest BCUT2D eigenvalue weighted by Gasteiger charge is -2.33. The Bertz CT molecular complexity index is 384. The molecule has 0 fully saturated rings. The van der Waals surface area contributed by atoms with E-state index >= 15 is 0 Å². The van der Waals surface area contributed by atoms with E-state index < -0.39 is 0 Å². The van der Waals surface area contributed by atoms with E-state index in [0.717, 1.165) is 37.3 Å². The van der Waals surface area contributed by atoms with Crippen molar-refractivity contribution in [1.29, 1.82) is 0 Å². The molecule has 1 rings (SSSR count). The summed E-state index contributed by atoms with van der Waals surface area (Å²) in [5.41, 5.74) is 7.51. The summed E-state index contributed by atoms with van der Waals surface area (Å²) in [4.78, 5) is 2.30. The molecule has 2 atom stereocenters. The maximum atomic E-state index is 6.35. The summed E-state index contributed by atoms with van der Waals surface area (Å²) in [6.45, 7) is 3.84. The van der Waals surface area contributed by atoms with Crippen LogP contribution in [0.5, 0.6) is 5.75 Å². The molecule has 0 aliphatic carbocycles. The molecule has 4 nitrogen and oxygen atoms in total. The molecule has 0 aliphatic heterocycles. The lowest BCUT2D eigenvalue weighted by atomic mass is 9.95. The fraction of sp³-hybridized carbons (Fsp3) is 0.625. The summed E-state index contributed by atoms with van der Waals surface area (Å²) in [6, 6.07) is 8.37. The van der Waals surface area contributed by atoms with Gasteiger partial charge in [0, 0.05) is 31.9 Å². The molecule has 2 unspecified atom stereocenters. The smallest absolute Gasteiger partial charge is 0.123 e. The average Bonchev–Trinajstić information content (AvgIpc) is 2.48. The predicted molar refractivity (Wildman–Crippen MR) is 83.1 cm³/mol. The Morgan fingerprint density at radius 3 is 2.55 bits per heavy atom. The van der Waals surface area contributed by atoms with Crippen molar-refractivity contribution in [2.75, 3.05) is 34.4 Å². The average molecular weight is 280 g/mol. The lowest BCUT2D eigenvalue weighted by molar-refractivity contribution is 0.154. The monoisotopic (exact) mass is 280 g/mol. The van der Waals surface area contributed by atoms with E-state index in [-0.39, 0.29) is 12.1 Å². The van der Waals surface area contributed by atoms with Gasteiger partial charge in [-0.1, -0.05) is 25.1 Å². The third-order valence-electron chi connectivity index (χ3n) is 3.67. The van der Waals surface area contributed by atoms with Crippen molar-refractivity contribution in [3.63, 3.8) is 0 Å². The van der Waals surface area contributed by atoms with Crippen LogP contribution in [0.1, 0.15) is 31.4 Å². The van der Waals surface area contributed by atoms with Crippen molar-refractivity contribution in [3.05, 3.63) is 29.8 Å². The number of ether oxygens (including phenoxy) is 2.